The number of fused-ring (bicyclic) bond motifs is 8. The number of halogens is 1. The van der Waals surface area contributed by atoms with Gasteiger partial charge in [-0.05, 0) is 113 Å². The van der Waals surface area contributed by atoms with E-state index in [4.69, 9.17) is 40.5 Å². The van der Waals surface area contributed by atoms with Crippen molar-refractivity contribution in [3.05, 3.63) is 119 Å². The van der Waals surface area contributed by atoms with E-state index in [1.54, 1.807) is 54.6 Å². The van der Waals surface area contributed by atoms with E-state index in [1.165, 1.54) is 28.4 Å². The minimum Gasteiger partial charge on any atom is -0.504 e. The number of nitrogens with zero attached hydrogens (tertiary/aromatic N) is 2. The molecule has 4 aromatic carbocycles. The van der Waals surface area contributed by atoms with Crippen LogP contribution in [0.3, 0.4) is 0 Å². The van der Waals surface area contributed by atoms with Gasteiger partial charge in [0.1, 0.15) is 0 Å². The third-order valence-electron chi connectivity index (χ3n) is 10.7. The molecule has 0 amide bonds. The van der Waals surface area contributed by atoms with E-state index in [1.807, 2.05) is 60.7 Å². The number of phenols is 4. The van der Waals surface area contributed by atoms with E-state index < -0.39 is 0 Å². The van der Waals surface area contributed by atoms with E-state index >= 15 is 0 Å². The van der Waals surface area contributed by atoms with E-state index in [2.05, 4.69) is 9.97 Å². The molecule has 304 valence electrons. The Morgan fingerprint density at radius 1 is 0.410 bits per heavy atom. The third kappa shape index (κ3) is 6.78. The molecular weight excluding hydrogens is 796 g/mol. The lowest BCUT2D eigenvalue weighted by Gasteiger charge is -2.10. The van der Waals surface area contributed by atoms with Gasteiger partial charge in [0.2, 0.25) is 0 Å². The molecule has 0 aliphatic carbocycles. The van der Waals surface area contributed by atoms with Crippen molar-refractivity contribution in [2.24, 2.45) is 0 Å². The number of ether oxygens (including phenoxy) is 4. The Labute approximate surface area is 353 Å². The number of benzene rings is 4. The van der Waals surface area contributed by atoms with Crippen molar-refractivity contribution in [2.75, 3.05) is 28.4 Å². The number of aromatic amines is 2. The quantitative estimate of drug-likeness (QED) is 0.0864. The maximum absolute atomic E-state index is 11.0. The molecule has 61 heavy (non-hydrogen) atoms. The average molecular weight is 833 g/mol. The Morgan fingerprint density at radius 3 is 1.08 bits per heavy atom. The van der Waals surface area contributed by atoms with Crippen molar-refractivity contribution in [1.29, 1.82) is 0 Å². The van der Waals surface area contributed by atoms with Crippen LogP contribution in [0.1, 0.15) is 22.8 Å². The van der Waals surface area contributed by atoms with Crippen LogP contribution in [-0.4, -0.2) is 68.8 Å². The fourth-order valence-electron chi connectivity index (χ4n) is 7.84. The molecule has 13 heteroatoms. The number of aromatic nitrogens is 4. The number of H-pyrrole nitrogens is 2. The molecule has 6 N–H and O–H groups in total. The number of hydrogen-bond acceptors (Lipinski definition) is 10. The molecule has 0 atom stereocenters. The number of rotatable bonds is 8. The van der Waals surface area contributed by atoms with Gasteiger partial charge in [-0.15, -0.1) is 0 Å². The number of nitrogens with one attached hydrogen (secondary N) is 2. The predicted octanol–water partition coefficient (Wildman–Crippen LogP) is 10.8. The Bertz CT molecular complexity index is 3170. The molecule has 0 spiro atoms. The molecule has 0 radical (unpaired) electrons. The van der Waals surface area contributed by atoms with Crippen LogP contribution in [0.2, 0.25) is 5.02 Å². The second kappa shape index (κ2) is 15.4. The predicted molar refractivity (Wildman–Crippen MR) is 238 cm³/mol. The first-order valence-electron chi connectivity index (χ1n) is 18.9. The SMILES string of the molecule is COc1ccc(-c2c3nc(c(-c4ccc(OC)c(O)c4)c4cc(Cl)c([nH]4)c(-c4ccc(OC)c(O)c4)c4nc(c(-c5ccc(OC)c(O)c5)c5ccc2[nH]5)C=C4)C=C3)cc1O. The van der Waals surface area contributed by atoms with E-state index in [9.17, 15) is 20.4 Å². The van der Waals surface area contributed by atoms with Gasteiger partial charge >= 0.3 is 0 Å². The second-order valence-electron chi connectivity index (χ2n) is 14.2. The van der Waals surface area contributed by atoms with Crippen molar-refractivity contribution in [1.82, 2.24) is 19.9 Å². The Hall–Kier alpha value is -7.83. The second-order valence-corrected chi connectivity index (χ2v) is 14.6. The molecule has 3 aromatic heterocycles. The van der Waals surface area contributed by atoms with Gasteiger partial charge in [-0.1, -0.05) is 35.9 Å². The molecule has 12 nitrogen and oxygen atoms in total. The standard InChI is InChI=1S/C48H37ClN4O8/c1-58-40-15-5-24(19-36(40)54)44-29-9-10-30(50-29)45(25-6-16-41(59-2)37(55)20-25)32-13-14-34(52-32)47(27-8-18-43(61-4)39(57)22-27)48-28(49)23-35(53-48)46(33-12-11-31(44)51-33)26-7-17-42(60-3)38(56)21-26/h5-23,50,53-57H,1-4H3. The first-order chi connectivity index (χ1) is 29.6. The van der Waals surface area contributed by atoms with E-state index in [0.717, 1.165) is 0 Å². The first-order valence-corrected chi connectivity index (χ1v) is 19.3. The van der Waals surface area contributed by atoms with Gasteiger partial charge in [0.05, 0.1) is 67.3 Å². The lowest BCUT2D eigenvalue weighted by molar-refractivity contribution is 0.373. The molecule has 8 bridgehead atoms. The minimum atomic E-state index is -0.0825. The summed E-state index contributed by atoms with van der Waals surface area (Å²) in [5.74, 6) is 0.933. The molecule has 7 aromatic rings. The fourth-order valence-corrected chi connectivity index (χ4v) is 8.09. The van der Waals surface area contributed by atoms with Crippen molar-refractivity contribution in [2.45, 2.75) is 0 Å². The topological polar surface area (TPSA) is 175 Å². The Balaban J connectivity index is 1.48. The first kappa shape index (κ1) is 38.7. The summed E-state index contributed by atoms with van der Waals surface area (Å²) >= 11 is 7.23. The molecule has 0 fully saturated rings. The summed E-state index contributed by atoms with van der Waals surface area (Å²) in [7, 11) is 5.94. The molecule has 5 heterocycles. The van der Waals surface area contributed by atoms with Gasteiger partial charge in [-0.2, -0.15) is 0 Å². The molecule has 2 aliphatic rings. The molecule has 0 saturated carbocycles. The summed E-state index contributed by atoms with van der Waals surface area (Å²) in [6.07, 6.45) is 7.50. The summed E-state index contributed by atoms with van der Waals surface area (Å²) in [5, 5.41) is 44.4. The van der Waals surface area contributed by atoms with Crippen LogP contribution < -0.4 is 18.9 Å². The number of hydrogen-bond donors (Lipinski definition) is 6. The zero-order valence-corrected chi connectivity index (χ0v) is 33.9. The van der Waals surface area contributed by atoms with Crippen LogP contribution in [0.25, 0.3) is 90.9 Å². The van der Waals surface area contributed by atoms with Gasteiger partial charge in [0.25, 0.3) is 0 Å². The van der Waals surface area contributed by atoms with Crippen molar-refractivity contribution < 1.29 is 39.4 Å². The molecule has 0 saturated heterocycles. The number of methoxy groups -OCH3 is 4. The zero-order chi connectivity index (χ0) is 42.5. The molecule has 0 unspecified atom stereocenters. The summed E-state index contributed by atoms with van der Waals surface area (Å²) < 4.78 is 21.5. The van der Waals surface area contributed by atoms with Crippen LogP contribution in [-0.2, 0) is 0 Å². The van der Waals surface area contributed by atoms with Crippen LogP contribution in [0.15, 0.2) is 91.0 Å². The maximum atomic E-state index is 11.0. The van der Waals surface area contributed by atoms with Gasteiger partial charge < -0.3 is 49.3 Å². The maximum Gasteiger partial charge on any atom is 0.160 e. The molecule has 9 rings (SSSR count). The van der Waals surface area contributed by atoms with Gasteiger partial charge in [0.15, 0.2) is 46.0 Å². The average Bonchev–Trinajstić information content (AvgIpc) is 4.09. The highest BCUT2D eigenvalue weighted by Crippen LogP contribution is 2.44. The monoisotopic (exact) mass is 832 g/mol. The van der Waals surface area contributed by atoms with Crippen LogP contribution in [0.4, 0.5) is 0 Å². The van der Waals surface area contributed by atoms with Crippen molar-refractivity contribution in [3.8, 4) is 90.5 Å². The van der Waals surface area contributed by atoms with Crippen LogP contribution in [0.5, 0.6) is 46.0 Å². The summed E-state index contributed by atoms with van der Waals surface area (Å²) in [6, 6.07) is 26.1. The van der Waals surface area contributed by atoms with Crippen LogP contribution in [0, 0.1) is 0 Å². The lowest BCUT2D eigenvalue weighted by Crippen LogP contribution is -1.91. The fraction of sp³-hybridized carbons (Fsp3) is 0.0833. The van der Waals surface area contributed by atoms with E-state index in [-0.39, 0.29) is 23.0 Å². The smallest absolute Gasteiger partial charge is 0.160 e. The highest BCUT2D eigenvalue weighted by Gasteiger charge is 2.22. The van der Waals surface area contributed by atoms with E-state index in [0.29, 0.717) is 117 Å². The van der Waals surface area contributed by atoms with Crippen molar-refractivity contribution in [3.63, 3.8) is 0 Å². The minimum absolute atomic E-state index is 0.0561. The Kier molecular flexibility index (Phi) is 9.77. The Morgan fingerprint density at radius 2 is 0.738 bits per heavy atom. The van der Waals surface area contributed by atoms with Gasteiger partial charge in [-0.25, -0.2) is 9.97 Å². The lowest BCUT2D eigenvalue weighted by atomic mass is 10.0. The normalized spacial score (nSPS) is 11.8. The van der Waals surface area contributed by atoms with Gasteiger partial charge in [-0.3, -0.25) is 0 Å². The highest BCUT2D eigenvalue weighted by atomic mass is 35.5. The largest absolute Gasteiger partial charge is 0.504 e. The van der Waals surface area contributed by atoms with Gasteiger partial charge in [0, 0.05) is 33.3 Å². The summed E-state index contributed by atoms with van der Waals surface area (Å²) in [4.78, 5) is 17.6. The van der Waals surface area contributed by atoms with Crippen LogP contribution >= 0.6 is 11.6 Å². The number of aromatic hydroxyl groups is 4. The highest BCUT2D eigenvalue weighted by molar-refractivity contribution is 6.35. The third-order valence-corrected chi connectivity index (χ3v) is 11.0. The van der Waals surface area contributed by atoms with Crippen molar-refractivity contribution >= 4 is 58.0 Å². The number of phenolic OH excluding ortho intramolecular Hbond substituents is 4. The summed E-state index contributed by atoms with van der Waals surface area (Å²) in [5.41, 5.74) is 9.51. The molecular formula is C48H37ClN4O8. The summed E-state index contributed by atoms with van der Waals surface area (Å²) in [6.45, 7) is 0. The molecule has 2 aliphatic heterocycles. The zero-order valence-electron chi connectivity index (χ0n) is 33.2.